The highest BCUT2D eigenvalue weighted by atomic mass is 32.2. The molecule has 0 fully saturated rings. The van der Waals surface area contributed by atoms with Gasteiger partial charge in [0.15, 0.2) is 11.5 Å². The Hall–Kier alpha value is -2.58. The maximum absolute atomic E-state index is 12.4. The largest absolute Gasteiger partial charge is 0.486 e. The van der Waals surface area contributed by atoms with Gasteiger partial charge in [-0.1, -0.05) is 12.1 Å². The fourth-order valence-electron chi connectivity index (χ4n) is 2.37. The summed E-state index contributed by atoms with van der Waals surface area (Å²) >= 11 is 0. The van der Waals surface area contributed by atoms with E-state index in [1.165, 1.54) is 12.1 Å². The molecule has 1 amide bonds. The zero-order valence-corrected chi connectivity index (χ0v) is 14.4. The smallest absolute Gasteiger partial charge is 0.251 e. The van der Waals surface area contributed by atoms with Gasteiger partial charge in [0.1, 0.15) is 13.2 Å². The molecule has 0 radical (unpaired) electrons. The topological polar surface area (TPSA) is 93.7 Å². The van der Waals surface area contributed by atoms with Crippen molar-refractivity contribution in [3.63, 3.8) is 0 Å². The molecule has 2 aromatic carbocycles. The molecule has 0 atom stereocenters. The Balaban J connectivity index is 1.70. The highest BCUT2D eigenvalue weighted by Crippen LogP contribution is 2.32. The standard InChI is InChI=1S/C17H18N2O5S/c1-18-17(20)13-4-2-12(3-5-13)11-19-25(21,22)14-6-7-15-16(10-14)24-9-8-23-15/h2-7,10,19H,8-9,11H2,1H3,(H,18,20). The van der Waals surface area contributed by atoms with E-state index in [1.807, 2.05) is 0 Å². The van der Waals surface area contributed by atoms with Crippen LogP contribution in [-0.2, 0) is 16.6 Å². The molecule has 1 heterocycles. The molecule has 0 aromatic heterocycles. The molecule has 7 nitrogen and oxygen atoms in total. The van der Waals surface area contributed by atoms with Crippen molar-refractivity contribution in [3.05, 3.63) is 53.6 Å². The molecule has 0 spiro atoms. The zero-order valence-electron chi connectivity index (χ0n) is 13.6. The van der Waals surface area contributed by atoms with Crippen molar-refractivity contribution in [1.29, 1.82) is 0 Å². The lowest BCUT2D eigenvalue weighted by atomic mass is 10.1. The van der Waals surface area contributed by atoms with E-state index >= 15 is 0 Å². The zero-order chi connectivity index (χ0) is 17.9. The molecule has 3 rings (SSSR count). The predicted molar refractivity (Wildman–Crippen MR) is 91.3 cm³/mol. The second-order valence-corrected chi connectivity index (χ2v) is 7.17. The summed E-state index contributed by atoms with van der Waals surface area (Å²) in [4.78, 5) is 11.6. The third-order valence-corrected chi connectivity index (χ3v) is 5.13. The van der Waals surface area contributed by atoms with E-state index in [1.54, 1.807) is 37.4 Å². The Morgan fingerprint density at radius 1 is 1.04 bits per heavy atom. The van der Waals surface area contributed by atoms with E-state index in [4.69, 9.17) is 9.47 Å². The minimum absolute atomic E-state index is 0.110. The molecule has 0 saturated carbocycles. The van der Waals surface area contributed by atoms with Gasteiger partial charge in [0.2, 0.25) is 10.0 Å². The number of sulfonamides is 1. The van der Waals surface area contributed by atoms with Crippen molar-refractivity contribution in [2.45, 2.75) is 11.4 Å². The van der Waals surface area contributed by atoms with Crippen molar-refractivity contribution >= 4 is 15.9 Å². The lowest BCUT2D eigenvalue weighted by Gasteiger charge is -2.19. The Bertz CT molecular complexity index is 878. The van der Waals surface area contributed by atoms with Crippen molar-refractivity contribution in [2.75, 3.05) is 20.3 Å². The van der Waals surface area contributed by atoms with Crippen LogP contribution in [0.5, 0.6) is 11.5 Å². The Morgan fingerprint density at radius 3 is 2.40 bits per heavy atom. The number of carbonyl (C=O) groups is 1. The number of hydrogen-bond donors (Lipinski definition) is 2. The van der Waals surface area contributed by atoms with Crippen LogP contribution < -0.4 is 19.5 Å². The third-order valence-electron chi connectivity index (χ3n) is 3.73. The summed E-state index contributed by atoms with van der Waals surface area (Å²) in [5, 5.41) is 2.53. The van der Waals surface area contributed by atoms with Crippen LogP contribution in [0, 0.1) is 0 Å². The summed E-state index contributed by atoms with van der Waals surface area (Å²) in [6, 6.07) is 11.2. The van der Waals surface area contributed by atoms with Crippen LogP contribution in [0.4, 0.5) is 0 Å². The van der Waals surface area contributed by atoms with E-state index in [0.29, 0.717) is 30.3 Å². The van der Waals surface area contributed by atoms with Gasteiger partial charge in [-0.3, -0.25) is 4.79 Å². The summed E-state index contributed by atoms with van der Waals surface area (Å²) in [6.07, 6.45) is 0. The first-order chi connectivity index (χ1) is 12.0. The maximum atomic E-state index is 12.4. The first-order valence-corrected chi connectivity index (χ1v) is 9.18. The molecule has 2 aromatic rings. The molecular formula is C17H18N2O5S. The maximum Gasteiger partial charge on any atom is 0.251 e. The van der Waals surface area contributed by atoms with E-state index in [2.05, 4.69) is 10.0 Å². The Morgan fingerprint density at radius 2 is 1.72 bits per heavy atom. The van der Waals surface area contributed by atoms with Gasteiger partial charge >= 0.3 is 0 Å². The summed E-state index contributed by atoms with van der Waals surface area (Å²) in [5.74, 6) is 0.766. The van der Waals surface area contributed by atoms with Crippen LogP contribution in [0.1, 0.15) is 15.9 Å². The average molecular weight is 362 g/mol. The molecule has 0 bridgehead atoms. The van der Waals surface area contributed by atoms with Crippen LogP contribution in [0.25, 0.3) is 0 Å². The number of fused-ring (bicyclic) bond motifs is 1. The van der Waals surface area contributed by atoms with Gasteiger partial charge in [0.05, 0.1) is 4.90 Å². The molecule has 132 valence electrons. The number of benzene rings is 2. The van der Waals surface area contributed by atoms with Crippen molar-refractivity contribution in [3.8, 4) is 11.5 Å². The SMILES string of the molecule is CNC(=O)c1ccc(CNS(=O)(=O)c2ccc3c(c2)OCCO3)cc1. The molecular weight excluding hydrogens is 344 g/mol. The number of nitrogens with one attached hydrogen (secondary N) is 2. The van der Waals surface area contributed by atoms with Crippen molar-refractivity contribution < 1.29 is 22.7 Å². The van der Waals surface area contributed by atoms with Crippen LogP contribution in [0.15, 0.2) is 47.4 Å². The van der Waals surface area contributed by atoms with Gasteiger partial charge < -0.3 is 14.8 Å². The highest BCUT2D eigenvalue weighted by Gasteiger charge is 2.19. The van der Waals surface area contributed by atoms with Gasteiger partial charge in [-0.15, -0.1) is 0 Å². The molecule has 1 aliphatic heterocycles. The first kappa shape index (κ1) is 17.2. The Kier molecular flexibility index (Phi) is 4.91. The summed E-state index contributed by atoms with van der Waals surface area (Å²) < 4.78 is 38.2. The second-order valence-electron chi connectivity index (χ2n) is 5.41. The van der Waals surface area contributed by atoms with Gasteiger partial charge in [0.25, 0.3) is 5.91 Å². The van der Waals surface area contributed by atoms with Crippen LogP contribution in [-0.4, -0.2) is 34.6 Å². The molecule has 0 saturated heterocycles. The quantitative estimate of drug-likeness (QED) is 0.836. The number of hydrogen-bond acceptors (Lipinski definition) is 5. The summed E-state index contributed by atoms with van der Waals surface area (Å²) in [7, 11) is -2.13. The lowest BCUT2D eigenvalue weighted by molar-refractivity contribution is 0.0963. The van der Waals surface area contributed by atoms with Gasteiger partial charge in [-0.2, -0.15) is 0 Å². The molecule has 0 unspecified atom stereocenters. The average Bonchev–Trinajstić information content (AvgIpc) is 2.66. The first-order valence-electron chi connectivity index (χ1n) is 7.70. The second kappa shape index (κ2) is 7.12. The minimum Gasteiger partial charge on any atom is -0.486 e. The van der Waals surface area contributed by atoms with E-state index in [-0.39, 0.29) is 17.3 Å². The van der Waals surface area contributed by atoms with Crippen LogP contribution >= 0.6 is 0 Å². The minimum atomic E-state index is -3.69. The van der Waals surface area contributed by atoms with Crippen molar-refractivity contribution in [2.24, 2.45) is 0 Å². The van der Waals surface area contributed by atoms with Gasteiger partial charge in [0, 0.05) is 25.2 Å². The molecule has 2 N–H and O–H groups in total. The highest BCUT2D eigenvalue weighted by molar-refractivity contribution is 7.89. The van der Waals surface area contributed by atoms with Crippen molar-refractivity contribution in [1.82, 2.24) is 10.0 Å². The summed E-state index contributed by atoms with van der Waals surface area (Å²) in [5.41, 5.74) is 1.26. The molecule has 1 aliphatic rings. The fourth-order valence-corrected chi connectivity index (χ4v) is 3.40. The fraction of sp³-hybridized carbons (Fsp3) is 0.235. The number of carbonyl (C=O) groups excluding carboxylic acids is 1. The monoisotopic (exact) mass is 362 g/mol. The molecule has 8 heteroatoms. The normalized spacial score (nSPS) is 13.3. The number of ether oxygens (including phenoxy) is 2. The number of rotatable bonds is 5. The molecule has 0 aliphatic carbocycles. The van der Waals surface area contributed by atoms with Crippen LogP contribution in [0.3, 0.4) is 0 Å². The summed E-state index contributed by atoms with van der Waals surface area (Å²) in [6.45, 7) is 0.954. The molecule has 25 heavy (non-hydrogen) atoms. The number of amides is 1. The van der Waals surface area contributed by atoms with E-state index in [0.717, 1.165) is 5.56 Å². The lowest BCUT2D eigenvalue weighted by Crippen LogP contribution is -2.24. The van der Waals surface area contributed by atoms with E-state index < -0.39 is 10.0 Å². The van der Waals surface area contributed by atoms with Gasteiger partial charge in [-0.25, -0.2) is 13.1 Å². The van der Waals surface area contributed by atoms with E-state index in [9.17, 15) is 13.2 Å². The predicted octanol–water partition coefficient (Wildman–Crippen LogP) is 1.30. The Labute approximate surface area is 146 Å². The van der Waals surface area contributed by atoms with Crippen LogP contribution in [0.2, 0.25) is 0 Å². The van der Waals surface area contributed by atoms with Gasteiger partial charge in [-0.05, 0) is 29.8 Å². The third kappa shape index (κ3) is 3.92.